The van der Waals surface area contributed by atoms with Crippen LogP contribution >= 0.6 is 11.8 Å². The van der Waals surface area contributed by atoms with Crippen molar-refractivity contribution in [3.63, 3.8) is 0 Å². The van der Waals surface area contributed by atoms with Gasteiger partial charge < -0.3 is 4.74 Å². The van der Waals surface area contributed by atoms with E-state index >= 15 is 0 Å². The van der Waals surface area contributed by atoms with Crippen molar-refractivity contribution in [3.05, 3.63) is 0 Å². The topological polar surface area (TPSA) is 9.23 Å². The molecule has 1 nitrogen and oxygen atoms in total. The van der Waals surface area contributed by atoms with Crippen LogP contribution in [0.2, 0.25) is 0 Å². The average molecular weight is 148 g/mol. The maximum atomic E-state index is 5.16. The molecule has 0 amide bonds. The Morgan fingerprint density at radius 1 is 1.44 bits per heavy atom. The van der Waals surface area contributed by atoms with Gasteiger partial charge in [0.05, 0.1) is 13.2 Å². The van der Waals surface area contributed by atoms with Gasteiger partial charge in [-0.1, -0.05) is 20.8 Å². The molecule has 0 N–H and O–H groups in total. The van der Waals surface area contributed by atoms with Gasteiger partial charge in [0.1, 0.15) is 0 Å². The van der Waals surface area contributed by atoms with E-state index in [9.17, 15) is 0 Å². The van der Waals surface area contributed by atoms with Gasteiger partial charge in [-0.25, -0.2) is 0 Å². The van der Waals surface area contributed by atoms with E-state index < -0.39 is 0 Å². The average Bonchev–Trinajstić information content (AvgIpc) is 1.94. The molecule has 0 saturated carbocycles. The second kappa shape index (κ2) is 6.43. The van der Waals surface area contributed by atoms with E-state index in [1.807, 2.05) is 25.6 Å². The molecule has 1 saturated heterocycles. The third kappa shape index (κ3) is 4.79. The fourth-order valence-electron chi connectivity index (χ4n) is 0.606. The molecule has 1 heterocycles. The molecule has 0 bridgehead atoms. The minimum atomic E-state index is 0.730. The summed E-state index contributed by atoms with van der Waals surface area (Å²) in [5, 5.41) is 0.730. The minimum Gasteiger partial charge on any atom is -0.379 e. The monoisotopic (exact) mass is 148 g/mol. The van der Waals surface area contributed by atoms with Crippen molar-refractivity contribution in [1.29, 1.82) is 0 Å². The Morgan fingerprint density at radius 2 is 2.11 bits per heavy atom. The number of ether oxygens (including phenoxy) is 1. The van der Waals surface area contributed by atoms with E-state index in [1.54, 1.807) is 0 Å². The Balaban J connectivity index is 0.000000291. The summed E-state index contributed by atoms with van der Waals surface area (Å²) in [5.74, 6) is 1.18. The molecule has 1 aliphatic heterocycles. The van der Waals surface area contributed by atoms with Gasteiger partial charge in [-0.3, -0.25) is 0 Å². The fourth-order valence-corrected chi connectivity index (χ4v) is 1.41. The largest absolute Gasteiger partial charge is 0.379 e. The fraction of sp³-hybridized carbons (Fsp3) is 1.00. The molecule has 0 aliphatic carbocycles. The van der Waals surface area contributed by atoms with Crippen LogP contribution in [-0.4, -0.2) is 24.2 Å². The summed E-state index contributed by atoms with van der Waals surface area (Å²) in [4.78, 5) is 0. The molecule has 56 valence electrons. The molecule has 1 unspecified atom stereocenters. The predicted molar refractivity (Wildman–Crippen MR) is 44.1 cm³/mol. The van der Waals surface area contributed by atoms with E-state index in [2.05, 4.69) is 6.92 Å². The first kappa shape index (κ1) is 9.31. The van der Waals surface area contributed by atoms with Gasteiger partial charge in [-0.15, -0.1) is 0 Å². The quantitative estimate of drug-likeness (QED) is 0.520. The first-order valence-corrected chi connectivity index (χ1v) is 4.64. The third-order valence-electron chi connectivity index (χ3n) is 0.983. The normalized spacial score (nSPS) is 26.3. The van der Waals surface area contributed by atoms with Crippen molar-refractivity contribution < 1.29 is 4.74 Å². The van der Waals surface area contributed by atoms with Gasteiger partial charge in [0.2, 0.25) is 0 Å². The van der Waals surface area contributed by atoms with E-state index in [0.29, 0.717) is 0 Å². The van der Waals surface area contributed by atoms with Crippen LogP contribution in [0.25, 0.3) is 0 Å². The minimum absolute atomic E-state index is 0.730. The van der Waals surface area contributed by atoms with E-state index in [-0.39, 0.29) is 0 Å². The van der Waals surface area contributed by atoms with Crippen LogP contribution in [0.4, 0.5) is 0 Å². The van der Waals surface area contributed by atoms with Crippen molar-refractivity contribution in [2.75, 3.05) is 19.0 Å². The molecular formula is C7H16OS. The van der Waals surface area contributed by atoms with Crippen molar-refractivity contribution in [2.45, 2.75) is 26.0 Å². The highest BCUT2D eigenvalue weighted by atomic mass is 32.2. The highest BCUT2D eigenvalue weighted by Crippen LogP contribution is 2.14. The van der Waals surface area contributed by atoms with E-state index in [4.69, 9.17) is 4.74 Å². The van der Waals surface area contributed by atoms with Crippen LogP contribution in [0.15, 0.2) is 0 Å². The van der Waals surface area contributed by atoms with Gasteiger partial charge >= 0.3 is 0 Å². The predicted octanol–water partition coefficient (Wildman–Crippen LogP) is 2.16. The van der Waals surface area contributed by atoms with Gasteiger partial charge in [0.25, 0.3) is 0 Å². The molecule has 2 heteroatoms. The summed E-state index contributed by atoms with van der Waals surface area (Å²) >= 11 is 1.99. The SMILES string of the molecule is CC.CC1COCCS1. The molecule has 0 aromatic carbocycles. The molecule has 9 heavy (non-hydrogen) atoms. The first-order valence-electron chi connectivity index (χ1n) is 3.59. The Bertz CT molecular complexity index is 50.9. The molecular weight excluding hydrogens is 132 g/mol. The van der Waals surface area contributed by atoms with Crippen molar-refractivity contribution in [3.8, 4) is 0 Å². The summed E-state index contributed by atoms with van der Waals surface area (Å²) in [6.45, 7) is 8.10. The smallest absolute Gasteiger partial charge is 0.0582 e. The van der Waals surface area contributed by atoms with Gasteiger partial charge in [0, 0.05) is 11.0 Å². The second-order valence-electron chi connectivity index (χ2n) is 1.76. The number of rotatable bonds is 0. The molecule has 0 aromatic heterocycles. The highest BCUT2D eigenvalue weighted by Gasteiger charge is 2.06. The Kier molecular flexibility index (Phi) is 6.65. The lowest BCUT2D eigenvalue weighted by Crippen LogP contribution is -2.16. The molecule has 1 aliphatic rings. The summed E-state index contributed by atoms with van der Waals surface area (Å²) in [5.41, 5.74) is 0. The maximum absolute atomic E-state index is 5.16. The lowest BCUT2D eigenvalue weighted by molar-refractivity contribution is 0.146. The van der Waals surface area contributed by atoms with Gasteiger partial charge in [0.15, 0.2) is 0 Å². The van der Waals surface area contributed by atoms with Crippen LogP contribution in [0.5, 0.6) is 0 Å². The van der Waals surface area contributed by atoms with Crippen molar-refractivity contribution in [2.24, 2.45) is 0 Å². The van der Waals surface area contributed by atoms with Crippen LogP contribution in [-0.2, 0) is 4.74 Å². The van der Waals surface area contributed by atoms with Crippen LogP contribution < -0.4 is 0 Å². The van der Waals surface area contributed by atoms with Crippen LogP contribution in [0, 0.1) is 0 Å². The zero-order chi connectivity index (χ0) is 7.11. The summed E-state index contributed by atoms with van der Waals surface area (Å²) in [7, 11) is 0. The zero-order valence-corrected chi connectivity index (χ0v) is 7.33. The van der Waals surface area contributed by atoms with Gasteiger partial charge in [-0.05, 0) is 0 Å². The van der Waals surface area contributed by atoms with Gasteiger partial charge in [-0.2, -0.15) is 11.8 Å². The maximum Gasteiger partial charge on any atom is 0.0582 e. The summed E-state index contributed by atoms with van der Waals surface area (Å²) < 4.78 is 5.16. The Morgan fingerprint density at radius 3 is 2.33 bits per heavy atom. The molecule has 1 fully saturated rings. The lowest BCUT2D eigenvalue weighted by atomic mass is 10.5. The molecule has 0 spiro atoms. The highest BCUT2D eigenvalue weighted by molar-refractivity contribution is 7.99. The standard InChI is InChI=1S/C5H10OS.C2H6/c1-5-4-6-2-3-7-5;1-2/h5H,2-4H2,1H3;1-2H3. The second-order valence-corrected chi connectivity index (χ2v) is 3.30. The van der Waals surface area contributed by atoms with Crippen molar-refractivity contribution in [1.82, 2.24) is 0 Å². The zero-order valence-electron chi connectivity index (χ0n) is 6.52. The Labute approximate surface area is 62.2 Å². The summed E-state index contributed by atoms with van der Waals surface area (Å²) in [6.07, 6.45) is 0. The molecule has 1 atom stereocenters. The number of hydrogen-bond acceptors (Lipinski definition) is 2. The molecule has 0 radical (unpaired) electrons. The van der Waals surface area contributed by atoms with Crippen molar-refractivity contribution >= 4 is 11.8 Å². The first-order chi connectivity index (χ1) is 4.39. The third-order valence-corrected chi connectivity index (χ3v) is 2.09. The Hall–Kier alpha value is 0.310. The molecule has 1 rings (SSSR count). The number of hydrogen-bond donors (Lipinski definition) is 0. The van der Waals surface area contributed by atoms with Crippen LogP contribution in [0.3, 0.4) is 0 Å². The van der Waals surface area contributed by atoms with E-state index in [1.165, 1.54) is 5.75 Å². The molecule has 0 aromatic rings. The summed E-state index contributed by atoms with van der Waals surface area (Å²) in [6, 6.07) is 0. The van der Waals surface area contributed by atoms with Crippen LogP contribution in [0.1, 0.15) is 20.8 Å². The van der Waals surface area contributed by atoms with E-state index in [0.717, 1.165) is 18.5 Å². The lowest BCUT2D eigenvalue weighted by Gasteiger charge is -2.16. The number of thioether (sulfide) groups is 1.